The van der Waals surface area contributed by atoms with Crippen molar-refractivity contribution in [3.63, 3.8) is 0 Å². The summed E-state index contributed by atoms with van der Waals surface area (Å²) in [4.78, 5) is 94.8. The van der Waals surface area contributed by atoms with E-state index in [1.807, 2.05) is 18.5 Å². The van der Waals surface area contributed by atoms with E-state index in [9.17, 15) is 19.2 Å². The van der Waals surface area contributed by atoms with Crippen molar-refractivity contribution in [1.29, 1.82) is 0 Å². The van der Waals surface area contributed by atoms with Crippen molar-refractivity contribution in [3.8, 4) is 11.3 Å². The number of nitrogens with one attached hydrogen (secondary N) is 2. The Balaban J connectivity index is 0.685. The van der Waals surface area contributed by atoms with Gasteiger partial charge in [-0.2, -0.15) is 0 Å². The summed E-state index contributed by atoms with van der Waals surface area (Å²) in [6, 6.07) is 14.0. The number of fused-ring (bicyclic) bond motifs is 3. The van der Waals surface area contributed by atoms with Gasteiger partial charge < -0.3 is 34.4 Å². The third kappa shape index (κ3) is 8.27. The Morgan fingerprint density at radius 1 is 0.770 bits per heavy atom. The van der Waals surface area contributed by atoms with Crippen LogP contribution < -0.4 is 20.4 Å². The topological polar surface area (TPSA) is 169 Å². The number of hydrogen-bond acceptors (Lipinski definition) is 11. The summed E-state index contributed by atoms with van der Waals surface area (Å²) in [5.74, 6) is 1.31. The molecule has 390 valence electrons. The number of piperidine rings is 5. The zero-order valence-corrected chi connectivity index (χ0v) is 43.4. The summed E-state index contributed by atoms with van der Waals surface area (Å²) >= 11 is 0. The maximum atomic E-state index is 15.3. The zero-order valence-electron chi connectivity index (χ0n) is 43.4. The highest BCUT2D eigenvalue weighted by Gasteiger charge is 2.57. The minimum atomic E-state index is -0.678. The number of amides is 5. The third-order valence-electron chi connectivity index (χ3n) is 19.4. The summed E-state index contributed by atoms with van der Waals surface area (Å²) in [6.45, 7) is 9.82. The highest BCUT2D eigenvalue weighted by molar-refractivity contribution is 6.09. The molecule has 1 unspecified atom stereocenters. The molecule has 0 bridgehead atoms. The lowest BCUT2D eigenvalue weighted by Crippen LogP contribution is -2.63. The van der Waals surface area contributed by atoms with Crippen LogP contribution in [0.3, 0.4) is 0 Å². The smallest absolute Gasteiger partial charge is 0.238 e. The van der Waals surface area contributed by atoms with E-state index < -0.39 is 5.41 Å². The Morgan fingerprint density at radius 2 is 1.54 bits per heavy atom. The summed E-state index contributed by atoms with van der Waals surface area (Å²) in [5, 5.41) is 6.16. The molecule has 4 aromatic rings. The SMILES string of the molecule is CC(C)n1cnc2cc(-c3ccc4c(c3)N(C3CC(N5CCCCC5)C3)C(=O)C43CCN(C(=O)C4CCN(C(=O)C5CCN(c6ccc([C@H]7CCC(=O)NC7=O)cn6)CC5)C5(CCC5)C4)CC3)nc(NC3CC3)c21. The van der Waals surface area contributed by atoms with E-state index in [-0.39, 0.29) is 64.9 Å². The maximum Gasteiger partial charge on any atom is 0.238 e. The fourth-order valence-electron chi connectivity index (χ4n) is 14.6. The van der Waals surface area contributed by atoms with Crippen LogP contribution in [0.25, 0.3) is 22.3 Å². The number of aromatic nitrogens is 4. The van der Waals surface area contributed by atoms with Crippen LogP contribution in [-0.2, 0) is 29.4 Å². The molecule has 8 fully saturated rings. The monoisotopic (exact) mass is 1000 g/mol. The van der Waals surface area contributed by atoms with Gasteiger partial charge in [-0.3, -0.25) is 29.3 Å². The number of imidazole rings is 1. The molecule has 6 aliphatic heterocycles. The van der Waals surface area contributed by atoms with Gasteiger partial charge in [0, 0.05) is 98.1 Å². The molecule has 13 rings (SSSR count). The van der Waals surface area contributed by atoms with E-state index in [1.54, 1.807) is 6.20 Å². The van der Waals surface area contributed by atoms with Gasteiger partial charge in [0.25, 0.3) is 0 Å². The lowest BCUT2D eigenvalue weighted by molar-refractivity contribution is -0.158. The van der Waals surface area contributed by atoms with Crippen LogP contribution >= 0.6 is 0 Å². The molecule has 1 aromatic carbocycles. The second-order valence-corrected chi connectivity index (χ2v) is 24.1. The van der Waals surface area contributed by atoms with Gasteiger partial charge in [0.15, 0.2) is 5.82 Å². The van der Waals surface area contributed by atoms with Crippen molar-refractivity contribution in [2.24, 2.45) is 11.8 Å². The first kappa shape index (κ1) is 47.8. The zero-order chi connectivity index (χ0) is 50.5. The van der Waals surface area contributed by atoms with Gasteiger partial charge in [0.2, 0.25) is 29.5 Å². The molecular formula is C58H73N11O5. The van der Waals surface area contributed by atoms with Crippen LogP contribution in [0.1, 0.15) is 153 Å². The number of carbonyl (C=O) groups is 5. The summed E-state index contributed by atoms with van der Waals surface area (Å²) < 4.78 is 2.20. The van der Waals surface area contributed by atoms with E-state index in [0.717, 1.165) is 141 Å². The number of pyridine rings is 2. The van der Waals surface area contributed by atoms with Crippen LogP contribution in [0, 0.1) is 11.8 Å². The number of hydrogen-bond donors (Lipinski definition) is 2. The van der Waals surface area contributed by atoms with Gasteiger partial charge >= 0.3 is 0 Å². The number of imide groups is 1. The van der Waals surface area contributed by atoms with Crippen molar-refractivity contribution in [3.05, 3.63) is 60.0 Å². The average Bonchev–Trinajstić information content (AvgIpc) is 4.08. The van der Waals surface area contributed by atoms with Gasteiger partial charge in [-0.05, 0) is 159 Å². The Kier molecular flexibility index (Phi) is 12.1. The molecule has 2 spiro atoms. The molecule has 3 saturated carbocycles. The quantitative estimate of drug-likeness (QED) is 0.151. The lowest BCUT2D eigenvalue weighted by Gasteiger charge is -2.56. The van der Waals surface area contributed by atoms with Gasteiger partial charge in [0.1, 0.15) is 11.3 Å². The van der Waals surface area contributed by atoms with Crippen molar-refractivity contribution < 1.29 is 24.0 Å². The molecular weight excluding hydrogens is 931 g/mol. The number of likely N-dealkylation sites (tertiary alicyclic amines) is 3. The highest BCUT2D eigenvalue weighted by Crippen LogP contribution is 2.53. The molecule has 9 heterocycles. The van der Waals surface area contributed by atoms with Gasteiger partial charge in [-0.15, -0.1) is 0 Å². The molecule has 0 radical (unpaired) electrons. The predicted molar refractivity (Wildman–Crippen MR) is 283 cm³/mol. The van der Waals surface area contributed by atoms with Crippen LogP contribution in [0.4, 0.5) is 17.3 Å². The van der Waals surface area contributed by atoms with Gasteiger partial charge in [0.05, 0.1) is 28.9 Å². The summed E-state index contributed by atoms with van der Waals surface area (Å²) in [6.07, 6.45) is 19.6. The van der Waals surface area contributed by atoms with Crippen molar-refractivity contribution >= 4 is 57.9 Å². The van der Waals surface area contributed by atoms with Crippen LogP contribution in [0.15, 0.2) is 48.9 Å². The van der Waals surface area contributed by atoms with E-state index in [4.69, 9.17) is 15.0 Å². The molecule has 74 heavy (non-hydrogen) atoms. The molecule has 2 N–H and O–H groups in total. The number of anilines is 3. The van der Waals surface area contributed by atoms with Crippen LogP contribution in [-0.4, -0.2) is 133 Å². The number of benzene rings is 1. The maximum absolute atomic E-state index is 15.3. The second-order valence-electron chi connectivity index (χ2n) is 24.1. The minimum absolute atomic E-state index is 0.0635. The summed E-state index contributed by atoms with van der Waals surface area (Å²) in [7, 11) is 0. The largest absolute Gasteiger partial charge is 0.366 e. The van der Waals surface area contributed by atoms with Crippen molar-refractivity contribution in [1.82, 2.24) is 39.5 Å². The van der Waals surface area contributed by atoms with Gasteiger partial charge in [-0.1, -0.05) is 24.6 Å². The first-order valence-corrected chi connectivity index (χ1v) is 28.5. The minimum Gasteiger partial charge on any atom is -0.366 e. The molecule has 2 atom stereocenters. The van der Waals surface area contributed by atoms with Crippen molar-refractivity contribution in [2.75, 3.05) is 60.9 Å². The van der Waals surface area contributed by atoms with E-state index in [2.05, 4.69) is 77.8 Å². The first-order valence-electron chi connectivity index (χ1n) is 28.5. The summed E-state index contributed by atoms with van der Waals surface area (Å²) in [5.41, 5.74) is 5.81. The van der Waals surface area contributed by atoms with Gasteiger partial charge in [-0.25, -0.2) is 15.0 Å². The number of nitrogens with zero attached hydrogens (tertiary/aromatic N) is 9. The molecule has 16 nitrogen and oxygen atoms in total. The van der Waals surface area contributed by atoms with E-state index >= 15 is 4.79 Å². The predicted octanol–water partition coefficient (Wildman–Crippen LogP) is 7.47. The second kappa shape index (κ2) is 18.7. The Hall–Kier alpha value is -5.90. The fourth-order valence-corrected chi connectivity index (χ4v) is 14.6. The molecule has 5 saturated heterocycles. The van der Waals surface area contributed by atoms with E-state index in [0.29, 0.717) is 63.8 Å². The molecule has 5 amide bonds. The molecule has 3 aromatic heterocycles. The first-order chi connectivity index (χ1) is 35.9. The van der Waals surface area contributed by atoms with Crippen LogP contribution in [0.5, 0.6) is 0 Å². The normalized spacial score (nSPS) is 27.1. The third-order valence-corrected chi connectivity index (χ3v) is 19.4. The molecule has 3 aliphatic carbocycles. The average molecular weight is 1000 g/mol. The standard InChI is InChI=1S/C58H73N11O5/c1-36(2)67-35-60-47-32-46(62-52(51(47)67)61-41-9-10-41)38-7-12-45-48(29-38)69(43-30-42(31-43)64-22-4-3-5-23-64)56(74)58(45)20-27-66(28-21-58)54(72)39-17-26-68(57(33-39)18-6-19-57)55(73)37-15-24-65(25-16-37)49-13-8-40(34-59-49)44-11-14-50(70)63-53(44)71/h7-8,12-13,29,32,34-37,39,41-44H,3-6,9-11,14-28,30-31,33H2,1-2H3,(H,61,62)(H,63,70,71)/t39?,42?,43?,44-/m1/s1. The highest BCUT2D eigenvalue weighted by atomic mass is 16.2. The van der Waals surface area contributed by atoms with Crippen LogP contribution in [0.2, 0.25) is 0 Å². The Labute approximate surface area is 434 Å². The molecule has 9 aliphatic rings. The number of rotatable bonds is 10. The van der Waals surface area contributed by atoms with E-state index in [1.165, 1.54) is 19.3 Å². The number of carbonyl (C=O) groups excluding carboxylic acids is 5. The lowest BCUT2D eigenvalue weighted by atomic mass is 9.66. The van der Waals surface area contributed by atoms with Crippen molar-refractivity contribution in [2.45, 2.75) is 170 Å². The molecule has 16 heteroatoms. The fraction of sp³-hybridized carbons (Fsp3) is 0.621. The Bertz CT molecular complexity index is 2860. The Morgan fingerprint density at radius 3 is 2.23 bits per heavy atom.